The van der Waals surface area contributed by atoms with Gasteiger partial charge in [0.25, 0.3) is 0 Å². The van der Waals surface area contributed by atoms with Crippen LogP contribution in [0.25, 0.3) is 0 Å². The standard InChI is InChI=1S/C32H32O5/c1-23-30(34-2)19-17-28(32(23)35-3)29(33)18-15-26-14-16-27(36-21-24-10-6-4-7-11-24)20-31(26)37-22-25-12-8-5-9-13-25/h4-14,16-17,19-20H,15,18,21-22H2,1-3H3. The molecule has 0 aliphatic carbocycles. The van der Waals surface area contributed by atoms with Crippen molar-refractivity contribution < 1.29 is 23.7 Å². The molecule has 5 heteroatoms. The predicted octanol–water partition coefficient (Wildman–Crippen LogP) is 6.99. The van der Waals surface area contributed by atoms with E-state index < -0.39 is 0 Å². The Morgan fingerprint density at radius 3 is 1.97 bits per heavy atom. The summed E-state index contributed by atoms with van der Waals surface area (Å²) in [5.41, 5.74) is 4.46. The van der Waals surface area contributed by atoms with Gasteiger partial charge in [-0.15, -0.1) is 0 Å². The van der Waals surface area contributed by atoms with Crippen LogP contribution < -0.4 is 18.9 Å². The van der Waals surface area contributed by atoms with E-state index in [0.29, 0.717) is 48.9 Å². The van der Waals surface area contributed by atoms with E-state index in [1.165, 1.54) is 0 Å². The first-order valence-electron chi connectivity index (χ1n) is 12.3. The number of ether oxygens (including phenoxy) is 4. The van der Waals surface area contributed by atoms with Crippen LogP contribution in [-0.2, 0) is 19.6 Å². The van der Waals surface area contributed by atoms with Crippen LogP contribution in [-0.4, -0.2) is 20.0 Å². The number of benzene rings is 4. The Hall–Kier alpha value is -4.25. The van der Waals surface area contributed by atoms with E-state index >= 15 is 0 Å². The number of ketones is 1. The van der Waals surface area contributed by atoms with Gasteiger partial charge in [-0.05, 0) is 48.2 Å². The number of hydrogen-bond donors (Lipinski definition) is 0. The third-order valence-electron chi connectivity index (χ3n) is 6.23. The van der Waals surface area contributed by atoms with Crippen molar-refractivity contribution >= 4 is 5.78 Å². The van der Waals surface area contributed by atoms with Gasteiger partial charge in [-0.3, -0.25) is 4.79 Å². The second-order valence-corrected chi connectivity index (χ2v) is 8.71. The molecule has 37 heavy (non-hydrogen) atoms. The van der Waals surface area contributed by atoms with E-state index in [1.807, 2.05) is 85.8 Å². The predicted molar refractivity (Wildman–Crippen MR) is 145 cm³/mol. The maximum atomic E-state index is 13.2. The molecule has 0 fully saturated rings. The molecule has 0 aromatic heterocycles. The topological polar surface area (TPSA) is 54.0 Å². The van der Waals surface area contributed by atoms with Gasteiger partial charge in [-0.2, -0.15) is 0 Å². The third kappa shape index (κ3) is 6.70. The molecule has 0 radical (unpaired) electrons. The number of carbonyl (C=O) groups is 1. The second-order valence-electron chi connectivity index (χ2n) is 8.71. The van der Waals surface area contributed by atoms with Crippen LogP contribution in [0.5, 0.6) is 23.0 Å². The van der Waals surface area contributed by atoms with Crippen molar-refractivity contribution in [3.63, 3.8) is 0 Å². The molecule has 5 nitrogen and oxygen atoms in total. The smallest absolute Gasteiger partial charge is 0.166 e. The lowest BCUT2D eigenvalue weighted by molar-refractivity contribution is 0.0979. The molecule has 0 heterocycles. The maximum Gasteiger partial charge on any atom is 0.166 e. The van der Waals surface area contributed by atoms with Crippen molar-refractivity contribution in [3.8, 4) is 23.0 Å². The summed E-state index contributed by atoms with van der Waals surface area (Å²) in [4.78, 5) is 13.2. The molecule has 0 spiro atoms. The molecular weight excluding hydrogens is 464 g/mol. The molecule has 4 rings (SSSR count). The highest BCUT2D eigenvalue weighted by Gasteiger charge is 2.18. The minimum Gasteiger partial charge on any atom is -0.496 e. The Kier molecular flexibility index (Phi) is 8.82. The average Bonchev–Trinajstić information content (AvgIpc) is 2.95. The molecule has 0 saturated carbocycles. The van der Waals surface area contributed by atoms with Crippen LogP contribution in [0.1, 0.15) is 39.0 Å². The quantitative estimate of drug-likeness (QED) is 0.198. The number of rotatable bonds is 12. The first-order valence-corrected chi connectivity index (χ1v) is 12.3. The van der Waals surface area contributed by atoms with Crippen molar-refractivity contribution in [1.29, 1.82) is 0 Å². The van der Waals surface area contributed by atoms with Crippen LogP contribution >= 0.6 is 0 Å². The summed E-state index contributed by atoms with van der Waals surface area (Å²) in [5.74, 6) is 2.67. The molecule has 0 N–H and O–H groups in total. The zero-order valence-corrected chi connectivity index (χ0v) is 21.5. The van der Waals surface area contributed by atoms with Gasteiger partial charge in [0.1, 0.15) is 36.2 Å². The van der Waals surface area contributed by atoms with E-state index in [-0.39, 0.29) is 5.78 Å². The van der Waals surface area contributed by atoms with Crippen molar-refractivity contribution in [3.05, 3.63) is 119 Å². The van der Waals surface area contributed by atoms with Gasteiger partial charge in [0.15, 0.2) is 5.78 Å². The lowest BCUT2D eigenvalue weighted by Crippen LogP contribution is -2.07. The fourth-order valence-electron chi connectivity index (χ4n) is 4.20. The molecule has 0 aliphatic rings. The van der Waals surface area contributed by atoms with Crippen LogP contribution in [0.3, 0.4) is 0 Å². The van der Waals surface area contributed by atoms with Crippen molar-refractivity contribution in [2.75, 3.05) is 14.2 Å². The minimum absolute atomic E-state index is 0.000941. The van der Waals surface area contributed by atoms with Gasteiger partial charge in [-0.25, -0.2) is 0 Å². The van der Waals surface area contributed by atoms with Gasteiger partial charge >= 0.3 is 0 Å². The molecule has 0 unspecified atom stereocenters. The van der Waals surface area contributed by atoms with E-state index in [2.05, 4.69) is 0 Å². The average molecular weight is 497 g/mol. The number of carbonyl (C=O) groups excluding carboxylic acids is 1. The van der Waals surface area contributed by atoms with Crippen LogP contribution in [0, 0.1) is 6.92 Å². The van der Waals surface area contributed by atoms with Crippen molar-refractivity contribution in [2.45, 2.75) is 33.0 Å². The number of aryl methyl sites for hydroxylation is 1. The monoisotopic (exact) mass is 496 g/mol. The zero-order valence-electron chi connectivity index (χ0n) is 21.5. The van der Waals surface area contributed by atoms with Crippen LogP contribution in [0.4, 0.5) is 0 Å². The Balaban J connectivity index is 1.51. The van der Waals surface area contributed by atoms with Gasteiger partial charge in [0, 0.05) is 18.1 Å². The molecule has 0 aliphatic heterocycles. The first-order chi connectivity index (χ1) is 18.1. The third-order valence-corrected chi connectivity index (χ3v) is 6.23. The summed E-state index contributed by atoms with van der Waals surface area (Å²) >= 11 is 0. The zero-order chi connectivity index (χ0) is 26.0. The Morgan fingerprint density at radius 2 is 1.35 bits per heavy atom. The van der Waals surface area contributed by atoms with E-state index in [1.54, 1.807) is 26.4 Å². The van der Waals surface area contributed by atoms with Gasteiger partial charge in [0.2, 0.25) is 0 Å². The van der Waals surface area contributed by atoms with Crippen molar-refractivity contribution in [2.24, 2.45) is 0 Å². The molecule has 190 valence electrons. The number of hydrogen-bond acceptors (Lipinski definition) is 5. The molecule has 0 amide bonds. The molecule has 0 bridgehead atoms. The highest BCUT2D eigenvalue weighted by molar-refractivity contribution is 5.99. The fourth-order valence-corrected chi connectivity index (χ4v) is 4.20. The van der Waals surface area contributed by atoms with Crippen LogP contribution in [0.15, 0.2) is 91.0 Å². The summed E-state index contributed by atoms with van der Waals surface area (Å²) in [6.45, 7) is 2.78. The highest BCUT2D eigenvalue weighted by atomic mass is 16.5. The van der Waals surface area contributed by atoms with E-state index in [9.17, 15) is 4.79 Å². The number of methoxy groups -OCH3 is 2. The highest BCUT2D eigenvalue weighted by Crippen LogP contribution is 2.33. The van der Waals surface area contributed by atoms with E-state index in [0.717, 1.165) is 28.0 Å². The summed E-state index contributed by atoms with van der Waals surface area (Å²) in [6.07, 6.45) is 0.837. The van der Waals surface area contributed by atoms with Gasteiger partial charge < -0.3 is 18.9 Å². The normalized spacial score (nSPS) is 10.6. The molecular formula is C32H32O5. The summed E-state index contributed by atoms with van der Waals surface area (Å²) in [6, 6.07) is 29.4. The first kappa shape index (κ1) is 25.8. The molecule has 0 atom stereocenters. The fraction of sp³-hybridized carbons (Fsp3) is 0.219. The summed E-state index contributed by atoms with van der Waals surface area (Å²) in [5, 5.41) is 0. The lowest BCUT2D eigenvalue weighted by atomic mass is 9.99. The number of Topliss-reactive ketones (excluding diaryl/α,β-unsaturated/α-hetero) is 1. The van der Waals surface area contributed by atoms with E-state index in [4.69, 9.17) is 18.9 Å². The Morgan fingerprint density at radius 1 is 0.703 bits per heavy atom. The molecule has 4 aromatic carbocycles. The minimum atomic E-state index is 0.000941. The second kappa shape index (κ2) is 12.6. The Bertz CT molecular complexity index is 1320. The summed E-state index contributed by atoms with van der Waals surface area (Å²) in [7, 11) is 3.18. The largest absolute Gasteiger partial charge is 0.496 e. The SMILES string of the molecule is COc1ccc(C(=O)CCc2ccc(OCc3ccccc3)cc2OCc2ccccc2)c(OC)c1C. The van der Waals surface area contributed by atoms with Gasteiger partial charge in [-0.1, -0.05) is 66.7 Å². The summed E-state index contributed by atoms with van der Waals surface area (Å²) < 4.78 is 23.2. The lowest BCUT2D eigenvalue weighted by Gasteiger charge is -2.16. The van der Waals surface area contributed by atoms with Gasteiger partial charge in [0.05, 0.1) is 19.8 Å². The molecule has 0 saturated heterocycles. The van der Waals surface area contributed by atoms with Crippen molar-refractivity contribution in [1.82, 2.24) is 0 Å². The molecule has 4 aromatic rings. The van der Waals surface area contributed by atoms with Crippen LogP contribution in [0.2, 0.25) is 0 Å². The maximum absolute atomic E-state index is 13.2. The Labute approximate surface area is 218 Å².